The van der Waals surface area contributed by atoms with Gasteiger partial charge in [0.15, 0.2) is 0 Å². The van der Waals surface area contributed by atoms with Crippen molar-refractivity contribution in [2.75, 3.05) is 44.2 Å². The molecule has 0 bridgehead atoms. The average Bonchev–Trinajstić information content (AvgIpc) is 2.84. The predicted molar refractivity (Wildman–Crippen MR) is 118 cm³/mol. The number of nitrogens with zero attached hydrogens (tertiary/aromatic N) is 3. The molecule has 2 aromatic rings. The van der Waals surface area contributed by atoms with Crippen LogP contribution in [0, 0.1) is 11.7 Å². The van der Waals surface area contributed by atoms with Gasteiger partial charge in [0.2, 0.25) is 15.9 Å². The first kappa shape index (κ1) is 24.5. The number of piperazine rings is 1. The predicted octanol–water partition coefficient (Wildman–Crippen LogP) is 3.59. The molecule has 4 rings (SSSR count). The third-order valence-electron chi connectivity index (χ3n) is 6.32. The Kier molecular flexibility index (Phi) is 6.86. The van der Waals surface area contributed by atoms with Crippen LogP contribution in [0.1, 0.15) is 18.4 Å². The minimum Gasteiger partial charge on any atom is -0.366 e. The van der Waals surface area contributed by atoms with Gasteiger partial charge < -0.3 is 9.80 Å². The first-order valence-corrected chi connectivity index (χ1v) is 12.5. The summed E-state index contributed by atoms with van der Waals surface area (Å²) in [5.74, 6) is -1.09. The molecule has 0 aliphatic carbocycles. The number of halogens is 4. The lowest BCUT2D eigenvalue weighted by Gasteiger charge is -2.39. The Labute approximate surface area is 195 Å². The molecule has 6 nitrogen and oxygen atoms in total. The molecule has 0 radical (unpaired) electrons. The van der Waals surface area contributed by atoms with Crippen LogP contribution in [-0.2, 0) is 21.0 Å². The highest BCUT2D eigenvalue weighted by atomic mass is 32.2. The maximum absolute atomic E-state index is 14.1. The van der Waals surface area contributed by atoms with Gasteiger partial charge in [-0.3, -0.25) is 4.79 Å². The van der Waals surface area contributed by atoms with Gasteiger partial charge >= 0.3 is 6.18 Å². The van der Waals surface area contributed by atoms with Gasteiger partial charge in [-0.15, -0.1) is 0 Å². The van der Waals surface area contributed by atoms with Gasteiger partial charge in [-0.2, -0.15) is 17.5 Å². The Balaban J connectivity index is 1.42. The van der Waals surface area contributed by atoms with Gasteiger partial charge in [0.25, 0.3) is 0 Å². The molecular formula is C23H25F4N3O3S. The van der Waals surface area contributed by atoms with Crippen LogP contribution in [0.4, 0.5) is 23.2 Å². The van der Waals surface area contributed by atoms with E-state index in [2.05, 4.69) is 0 Å². The molecule has 1 amide bonds. The number of carbonyl (C=O) groups excluding carboxylic acids is 1. The van der Waals surface area contributed by atoms with Crippen molar-refractivity contribution in [2.45, 2.75) is 23.9 Å². The summed E-state index contributed by atoms with van der Waals surface area (Å²) in [6.45, 7) is 1.72. The Morgan fingerprint density at radius 1 is 0.941 bits per heavy atom. The topological polar surface area (TPSA) is 60.9 Å². The standard InChI is InChI=1S/C23H25F4N3O3S/c24-20-8-1-2-9-21(20)28-11-13-29(14-12-28)22(31)17-5-4-10-30(16-17)34(32,33)19-7-3-6-18(15-19)23(25,26)27/h1-3,6-9,15,17H,4-5,10-14,16H2/t17-/m0/s1. The number of amides is 1. The Morgan fingerprint density at radius 3 is 2.32 bits per heavy atom. The van der Waals surface area contributed by atoms with Crippen molar-refractivity contribution in [2.24, 2.45) is 5.92 Å². The fourth-order valence-electron chi connectivity index (χ4n) is 4.48. The summed E-state index contributed by atoms with van der Waals surface area (Å²) in [5, 5.41) is 0. The van der Waals surface area contributed by atoms with Crippen molar-refractivity contribution in [3.8, 4) is 0 Å². The molecule has 1 atom stereocenters. The van der Waals surface area contributed by atoms with E-state index in [1.807, 2.05) is 4.90 Å². The van der Waals surface area contributed by atoms with Crippen LogP contribution in [-0.4, -0.2) is 62.8 Å². The molecule has 11 heteroatoms. The zero-order valence-electron chi connectivity index (χ0n) is 18.3. The number of alkyl halides is 3. The first-order chi connectivity index (χ1) is 16.1. The van der Waals surface area contributed by atoms with Crippen LogP contribution in [0.2, 0.25) is 0 Å². The van der Waals surface area contributed by atoms with Gasteiger partial charge in [-0.1, -0.05) is 18.2 Å². The van der Waals surface area contributed by atoms with Gasteiger partial charge in [0.05, 0.1) is 22.1 Å². The second-order valence-electron chi connectivity index (χ2n) is 8.49. The number of sulfonamides is 1. The molecule has 2 saturated heterocycles. The lowest BCUT2D eigenvalue weighted by atomic mass is 9.97. The van der Waals surface area contributed by atoms with Crippen LogP contribution in [0.3, 0.4) is 0 Å². The number of carbonyl (C=O) groups is 1. The molecule has 0 N–H and O–H groups in total. The van der Waals surface area contributed by atoms with Crippen molar-refractivity contribution >= 4 is 21.6 Å². The van der Waals surface area contributed by atoms with Crippen molar-refractivity contribution in [1.29, 1.82) is 0 Å². The normalized spacial score (nSPS) is 20.4. The monoisotopic (exact) mass is 499 g/mol. The smallest absolute Gasteiger partial charge is 0.366 e. The molecule has 2 aliphatic heterocycles. The van der Waals surface area contributed by atoms with Gasteiger partial charge in [-0.05, 0) is 43.2 Å². The van der Waals surface area contributed by atoms with Crippen LogP contribution < -0.4 is 4.90 Å². The van der Waals surface area contributed by atoms with E-state index in [1.165, 1.54) is 6.07 Å². The largest absolute Gasteiger partial charge is 0.416 e. The Morgan fingerprint density at radius 2 is 1.65 bits per heavy atom. The van der Waals surface area contributed by atoms with E-state index in [4.69, 9.17) is 0 Å². The molecule has 2 aliphatic rings. The molecule has 34 heavy (non-hydrogen) atoms. The highest BCUT2D eigenvalue weighted by Crippen LogP contribution is 2.32. The number of benzene rings is 2. The zero-order chi connectivity index (χ0) is 24.5. The molecule has 0 saturated carbocycles. The number of piperidine rings is 1. The number of para-hydroxylation sites is 1. The highest BCUT2D eigenvalue weighted by Gasteiger charge is 2.37. The molecule has 0 aromatic heterocycles. The molecular weight excluding hydrogens is 474 g/mol. The van der Waals surface area contributed by atoms with E-state index >= 15 is 0 Å². The van der Waals surface area contributed by atoms with E-state index in [0.29, 0.717) is 50.8 Å². The summed E-state index contributed by atoms with van der Waals surface area (Å²) in [7, 11) is -4.18. The Bertz CT molecular complexity index is 1150. The molecule has 184 valence electrons. The fourth-order valence-corrected chi connectivity index (χ4v) is 6.05. The van der Waals surface area contributed by atoms with Crippen LogP contribution >= 0.6 is 0 Å². The van der Waals surface area contributed by atoms with Crippen LogP contribution in [0.25, 0.3) is 0 Å². The average molecular weight is 500 g/mol. The van der Waals surface area contributed by atoms with E-state index < -0.39 is 32.6 Å². The van der Waals surface area contributed by atoms with Crippen LogP contribution in [0.15, 0.2) is 53.4 Å². The molecule has 2 heterocycles. The summed E-state index contributed by atoms with van der Waals surface area (Å²) in [4.78, 5) is 16.2. The second kappa shape index (κ2) is 9.53. The third kappa shape index (κ3) is 5.05. The minimum absolute atomic E-state index is 0.0784. The number of rotatable bonds is 4. The lowest BCUT2D eigenvalue weighted by Crippen LogP contribution is -2.53. The van der Waals surface area contributed by atoms with Gasteiger partial charge in [0, 0.05) is 39.3 Å². The van der Waals surface area contributed by atoms with E-state index in [-0.39, 0.29) is 24.8 Å². The summed E-state index contributed by atoms with van der Waals surface area (Å²) >= 11 is 0. The summed E-state index contributed by atoms with van der Waals surface area (Å²) in [6, 6.07) is 10.1. The molecule has 2 fully saturated rings. The van der Waals surface area contributed by atoms with E-state index in [0.717, 1.165) is 22.5 Å². The van der Waals surface area contributed by atoms with Gasteiger partial charge in [-0.25, -0.2) is 12.8 Å². The Hall–Kier alpha value is -2.66. The zero-order valence-corrected chi connectivity index (χ0v) is 19.2. The van der Waals surface area contributed by atoms with Crippen molar-refractivity contribution < 1.29 is 30.8 Å². The fraction of sp³-hybridized carbons (Fsp3) is 0.435. The van der Waals surface area contributed by atoms with Crippen molar-refractivity contribution in [3.63, 3.8) is 0 Å². The quantitative estimate of drug-likeness (QED) is 0.604. The first-order valence-electron chi connectivity index (χ1n) is 11.0. The summed E-state index contributed by atoms with van der Waals surface area (Å²) < 4.78 is 80.4. The number of anilines is 1. The van der Waals surface area contributed by atoms with Crippen molar-refractivity contribution in [3.05, 3.63) is 59.9 Å². The lowest BCUT2D eigenvalue weighted by molar-refractivity contribution is -0.138. The van der Waals surface area contributed by atoms with Crippen molar-refractivity contribution in [1.82, 2.24) is 9.21 Å². The van der Waals surface area contributed by atoms with Gasteiger partial charge in [0.1, 0.15) is 5.82 Å². The number of hydrogen-bond acceptors (Lipinski definition) is 4. The maximum Gasteiger partial charge on any atom is 0.416 e. The summed E-state index contributed by atoms with van der Waals surface area (Å²) in [5.41, 5.74) is -0.559. The molecule has 0 spiro atoms. The van der Waals surface area contributed by atoms with E-state index in [9.17, 15) is 30.8 Å². The minimum atomic E-state index is -4.66. The molecule has 2 aromatic carbocycles. The maximum atomic E-state index is 14.1. The highest BCUT2D eigenvalue weighted by molar-refractivity contribution is 7.89. The molecule has 0 unspecified atom stereocenters. The van der Waals surface area contributed by atoms with Crippen LogP contribution in [0.5, 0.6) is 0 Å². The third-order valence-corrected chi connectivity index (χ3v) is 8.18. The SMILES string of the molecule is O=C([C@H]1CCCN(S(=O)(=O)c2cccc(C(F)(F)F)c2)C1)N1CCN(c2ccccc2F)CC1. The number of hydrogen-bond donors (Lipinski definition) is 0. The summed E-state index contributed by atoms with van der Waals surface area (Å²) in [6.07, 6.45) is -3.72. The second-order valence-corrected chi connectivity index (χ2v) is 10.4. The van der Waals surface area contributed by atoms with E-state index in [1.54, 1.807) is 23.1 Å².